The first-order valence-corrected chi connectivity index (χ1v) is 11.1. The molecule has 0 bridgehead atoms. The number of likely N-dealkylation sites (tertiary alicyclic amines) is 2. The zero-order chi connectivity index (χ0) is 21.3. The Hall–Kier alpha value is -2.12. The van der Waals surface area contributed by atoms with Gasteiger partial charge < -0.3 is 19.4 Å². The van der Waals surface area contributed by atoms with Gasteiger partial charge in [-0.15, -0.1) is 0 Å². The van der Waals surface area contributed by atoms with Gasteiger partial charge in [-0.2, -0.15) is 0 Å². The molecule has 164 valence electrons. The molecule has 1 spiro atoms. The summed E-state index contributed by atoms with van der Waals surface area (Å²) in [5.41, 5.74) is 1.39. The molecule has 0 saturated carbocycles. The van der Waals surface area contributed by atoms with E-state index in [4.69, 9.17) is 4.74 Å². The Bertz CT molecular complexity index is 788. The van der Waals surface area contributed by atoms with Crippen LogP contribution in [-0.4, -0.2) is 103 Å². The number of piperidine rings is 1. The van der Waals surface area contributed by atoms with E-state index in [1.165, 1.54) is 6.42 Å². The van der Waals surface area contributed by atoms with E-state index in [1.54, 1.807) is 0 Å². The van der Waals surface area contributed by atoms with E-state index in [2.05, 4.69) is 23.9 Å². The van der Waals surface area contributed by atoms with Crippen LogP contribution in [0.15, 0.2) is 24.3 Å². The van der Waals surface area contributed by atoms with Crippen LogP contribution in [0.5, 0.6) is 0 Å². The van der Waals surface area contributed by atoms with Crippen LogP contribution >= 0.6 is 0 Å². The molecule has 3 aliphatic heterocycles. The molecular weight excluding hydrogens is 380 g/mol. The van der Waals surface area contributed by atoms with Crippen molar-refractivity contribution in [2.75, 3.05) is 59.9 Å². The van der Waals surface area contributed by atoms with Crippen molar-refractivity contribution in [1.82, 2.24) is 19.6 Å². The van der Waals surface area contributed by atoms with Gasteiger partial charge in [0.1, 0.15) is 5.60 Å². The molecule has 1 aromatic carbocycles. The number of amides is 2. The number of benzene rings is 1. The maximum Gasteiger partial charge on any atom is 0.410 e. The molecule has 0 N–H and O–H groups in total. The second kappa shape index (κ2) is 8.55. The smallest absolute Gasteiger partial charge is 0.410 e. The number of carbonyl (C=O) groups is 2. The molecule has 1 aromatic rings. The van der Waals surface area contributed by atoms with Gasteiger partial charge in [0.15, 0.2) is 0 Å². The van der Waals surface area contributed by atoms with E-state index >= 15 is 0 Å². The Morgan fingerprint density at radius 2 is 1.97 bits per heavy atom. The average Bonchev–Trinajstić information content (AvgIpc) is 3.31. The van der Waals surface area contributed by atoms with E-state index in [9.17, 15) is 9.59 Å². The molecule has 3 aliphatic rings. The molecule has 7 nitrogen and oxygen atoms in total. The number of aryl methyl sites for hydroxylation is 1. The van der Waals surface area contributed by atoms with Gasteiger partial charge in [0.25, 0.3) is 5.91 Å². The first kappa shape index (κ1) is 21.1. The quantitative estimate of drug-likeness (QED) is 0.738. The van der Waals surface area contributed by atoms with Crippen LogP contribution in [0.25, 0.3) is 0 Å². The molecule has 1 atom stereocenters. The molecule has 0 aromatic heterocycles. The van der Waals surface area contributed by atoms with E-state index in [1.807, 2.05) is 41.0 Å². The summed E-state index contributed by atoms with van der Waals surface area (Å²) in [4.78, 5) is 33.8. The molecule has 30 heavy (non-hydrogen) atoms. The Kier molecular flexibility index (Phi) is 6.02. The molecule has 0 aliphatic carbocycles. The summed E-state index contributed by atoms with van der Waals surface area (Å²) in [5, 5.41) is 0. The van der Waals surface area contributed by atoms with Gasteiger partial charge in [0.05, 0.1) is 6.54 Å². The molecule has 3 fully saturated rings. The van der Waals surface area contributed by atoms with Gasteiger partial charge >= 0.3 is 6.09 Å². The van der Waals surface area contributed by atoms with Crippen molar-refractivity contribution >= 4 is 12.0 Å². The zero-order valence-electron chi connectivity index (χ0n) is 18.5. The zero-order valence-corrected chi connectivity index (χ0v) is 18.5. The summed E-state index contributed by atoms with van der Waals surface area (Å²) in [7, 11) is 4.26. The normalized spacial score (nSPS) is 24.1. The first-order chi connectivity index (χ1) is 14.3. The molecular formula is C23H34N4O3. The Morgan fingerprint density at radius 3 is 2.63 bits per heavy atom. The fourth-order valence-electron chi connectivity index (χ4n) is 4.90. The summed E-state index contributed by atoms with van der Waals surface area (Å²) < 4.78 is 5.85. The van der Waals surface area contributed by atoms with E-state index in [0.717, 1.165) is 30.8 Å². The van der Waals surface area contributed by atoms with Crippen molar-refractivity contribution in [3.05, 3.63) is 35.4 Å². The van der Waals surface area contributed by atoms with Crippen molar-refractivity contribution in [1.29, 1.82) is 0 Å². The molecule has 2 amide bonds. The summed E-state index contributed by atoms with van der Waals surface area (Å²) in [6.07, 6.45) is 2.40. The van der Waals surface area contributed by atoms with Crippen LogP contribution in [0.4, 0.5) is 4.79 Å². The topological polar surface area (TPSA) is 56.3 Å². The fourth-order valence-corrected chi connectivity index (χ4v) is 4.90. The standard InChI is InChI=1S/C23H34N4O3/c1-18-5-4-6-19(15-18)21(28)26-11-8-23(9-12-26)17-27(22(29)30-23)14-13-25-10-7-20(16-25)24(2)3/h4-6,15,20H,7-14,16-17H2,1-3H3/t20-/m0/s1. The number of ether oxygens (including phenoxy) is 1. The Morgan fingerprint density at radius 1 is 1.20 bits per heavy atom. The number of hydrogen-bond donors (Lipinski definition) is 0. The minimum Gasteiger partial charge on any atom is -0.441 e. The maximum absolute atomic E-state index is 12.8. The molecule has 3 saturated heterocycles. The van der Waals surface area contributed by atoms with Crippen molar-refractivity contribution in [3.63, 3.8) is 0 Å². The predicted molar refractivity (Wildman–Crippen MR) is 116 cm³/mol. The fraction of sp³-hybridized carbons (Fsp3) is 0.652. The van der Waals surface area contributed by atoms with Gasteiger partial charge in [-0.1, -0.05) is 17.7 Å². The highest BCUT2D eigenvalue weighted by Crippen LogP contribution is 2.33. The lowest BCUT2D eigenvalue weighted by Crippen LogP contribution is -2.49. The molecule has 7 heteroatoms. The minimum absolute atomic E-state index is 0.0687. The maximum atomic E-state index is 12.8. The lowest BCUT2D eigenvalue weighted by atomic mass is 9.91. The number of hydrogen-bond acceptors (Lipinski definition) is 5. The Labute approximate surface area is 179 Å². The predicted octanol–water partition coefficient (Wildman–Crippen LogP) is 2.06. The third kappa shape index (κ3) is 4.47. The highest BCUT2D eigenvalue weighted by Gasteiger charge is 2.47. The van der Waals surface area contributed by atoms with Crippen LogP contribution in [0.3, 0.4) is 0 Å². The van der Waals surface area contributed by atoms with Crippen molar-refractivity contribution in [2.45, 2.75) is 37.8 Å². The largest absolute Gasteiger partial charge is 0.441 e. The van der Waals surface area contributed by atoms with Gasteiger partial charge in [0, 0.05) is 57.2 Å². The summed E-state index contributed by atoms with van der Waals surface area (Å²) >= 11 is 0. The molecule has 4 rings (SSSR count). The number of nitrogens with zero attached hydrogens (tertiary/aromatic N) is 4. The van der Waals surface area contributed by atoms with Crippen LogP contribution in [0, 0.1) is 6.92 Å². The van der Waals surface area contributed by atoms with Gasteiger partial charge in [0.2, 0.25) is 0 Å². The van der Waals surface area contributed by atoms with E-state index < -0.39 is 5.60 Å². The van der Waals surface area contributed by atoms with Crippen LogP contribution in [-0.2, 0) is 4.74 Å². The minimum atomic E-state index is -0.433. The van der Waals surface area contributed by atoms with E-state index in [-0.39, 0.29) is 12.0 Å². The number of carbonyl (C=O) groups excluding carboxylic acids is 2. The Balaban J connectivity index is 1.27. The van der Waals surface area contributed by atoms with Crippen molar-refractivity contribution in [2.24, 2.45) is 0 Å². The molecule has 3 heterocycles. The van der Waals surface area contributed by atoms with Gasteiger partial charge in [-0.3, -0.25) is 9.69 Å². The highest BCUT2D eigenvalue weighted by molar-refractivity contribution is 5.94. The average molecular weight is 415 g/mol. The third-order valence-electron chi connectivity index (χ3n) is 6.93. The number of rotatable bonds is 5. The number of likely N-dealkylation sites (N-methyl/N-ethyl adjacent to an activating group) is 1. The van der Waals surface area contributed by atoms with Gasteiger partial charge in [-0.05, 0) is 46.1 Å². The monoisotopic (exact) mass is 414 g/mol. The van der Waals surface area contributed by atoms with Crippen LogP contribution in [0.1, 0.15) is 35.2 Å². The highest BCUT2D eigenvalue weighted by atomic mass is 16.6. The summed E-state index contributed by atoms with van der Waals surface area (Å²) in [6.45, 7) is 7.67. The first-order valence-electron chi connectivity index (χ1n) is 11.1. The van der Waals surface area contributed by atoms with Crippen LogP contribution in [0.2, 0.25) is 0 Å². The lowest BCUT2D eigenvalue weighted by molar-refractivity contribution is 0.00312. The second-order valence-corrected chi connectivity index (χ2v) is 9.34. The summed E-state index contributed by atoms with van der Waals surface area (Å²) in [5.74, 6) is 0.0687. The van der Waals surface area contributed by atoms with Gasteiger partial charge in [-0.25, -0.2) is 4.79 Å². The summed E-state index contributed by atoms with van der Waals surface area (Å²) in [6, 6.07) is 8.33. The van der Waals surface area contributed by atoms with E-state index in [0.29, 0.717) is 45.1 Å². The van der Waals surface area contributed by atoms with Crippen LogP contribution < -0.4 is 0 Å². The third-order valence-corrected chi connectivity index (χ3v) is 6.93. The molecule has 0 radical (unpaired) electrons. The lowest BCUT2D eigenvalue weighted by Gasteiger charge is -2.37. The SMILES string of the molecule is Cc1cccc(C(=O)N2CCC3(CC2)CN(CCN2CC[C@H](N(C)C)C2)C(=O)O3)c1. The van der Waals surface area contributed by atoms with Crippen molar-refractivity contribution in [3.8, 4) is 0 Å². The molecule has 0 unspecified atom stereocenters. The second-order valence-electron chi connectivity index (χ2n) is 9.34. The van der Waals surface area contributed by atoms with Crippen molar-refractivity contribution < 1.29 is 14.3 Å².